The molecule has 1 fully saturated rings. The van der Waals surface area contributed by atoms with Gasteiger partial charge < -0.3 is 9.84 Å². The molecule has 0 aromatic heterocycles. The number of ether oxygens (including phenoxy) is 1. The number of benzene rings is 4. The Labute approximate surface area is 257 Å². The number of aromatic carboxylic acids is 1. The van der Waals surface area contributed by atoms with Crippen molar-refractivity contribution in [1.82, 2.24) is 4.90 Å². The monoisotopic (exact) mass is 760 g/mol. The smallest absolute Gasteiger partial charge is 0.336 e. The third kappa shape index (κ3) is 5.99. The average molecular weight is 760 g/mol. The van der Waals surface area contributed by atoms with Crippen LogP contribution in [0.3, 0.4) is 0 Å². The van der Waals surface area contributed by atoms with Crippen LogP contribution in [-0.2, 0) is 11.4 Å². The quantitative estimate of drug-likeness (QED) is 0.160. The molecule has 1 aliphatic heterocycles. The second kappa shape index (κ2) is 11.7. The number of carboxylic acid groups (broad SMARTS) is 1. The highest BCUT2D eigenvalue weighted by atomic mass is 127. The maximum Gasteiger partial charge on any atom is 0.336 e. The lowest BCUT2D eigenvalue weighted by molar-refractivity contribution is -0.121. The molecule has 1 amide bonds. The summed E-state index contributed by atoms with van der Waals surface area (Å²) in [4.78, 5) is 31.1. The predicted molar refractivity (Wildman–Crippen MR) is 174 cm³/mol. The maximum absolute atomic E-state index is 13.0. The van der Waals surface area contributed by atoms with Crippen molar-refractivity contribution >= 4 is 96.5 Å². The molecule has 1 saturated heterocycles. The maximum atomic E-state index is 13.0. The number of hydrogen-bond acceptors (Lipinski definition) is 5. The number of hydrogen-bond donors (Lipinski definition) is 1. The van der Waals surface area contributed by atoms with E-state index in [2.05, 4.69) is 80.5 Å². The van der Waals surface area contributed by atoms with Crippen molar-refractivity contribution in [2.45, 2.75) is 13.5 Å². The van der Waals surface area contributed by atoms with E-state index >= 15 is 0 Å². The minimum atomic E-state index is -1.01. The van der Waals surface area contributed by atoms with E-state index in [0.29, 0.717) is 27.9 Å². The topological polar surface area (TPSA) is 79.2 Å². The Morgan fingerprint density at radius 3 is 2.46 bits per heavy atom. The molecule has 0 saturated carbocycles. The fourth-order valence-electron chi connectivity index (χ4n) is 4.17. The van der Waals surface area contributed by atoms with E-state index in [1.165, 1.54) is 27.4 Å². The van der Waals surface area contributed by atoms with Gasteiger partial charge in [-0.3, -0.25) is 9.69 Å². The van der Waals surface area contributed by atoms with Gasteiger partial charge in [0.05, 0.1) is 23.3 Å². The van der Waals surface area contributed by atoms with Crippen molar-refractivity contribution in [2.24, 2.45) is 4.99 Å². The highest BCUT2D eigenvalue weighted by molar-refractivity contribution is 14.1. The second-order valence-electron chi connectivity index (χ2n) is 8.91. The summed E-state index contributed by atoms with van der Waals surface area (Å²) < 4.78 is 8.11. The summed E-state index contributed by atoms with van der Waals surface area (Å²) in [6.45, 7) is 2.17. The van der Waals surface area contributed by atoms with E-state index in [1.54, 1.807) is 32.2 Å². The number of carbonyl (C=O) groups excluding carboxylic acids is 1. The average Bonchev–Trinajstić information content (AvgIpc) is 3.16. The number of carboxylic acids is 1. The van der Waals surface area contributed by atoms with Gasteiger partial charge in [0, 0.05) is 7.05 Å². The first kappa shape index (κ1) is 27.7. The lowest BCUT2D eigenvalue weighted by Gasteiger charge is -2.12. The minimum Gasteiger partial charge on any atom is -0.487 e. The molecule has 196 valence electrons. The van der Waals surface area contributed by atoms with Gasteiger partial charge in [0.1, 0.15) is 12.4 Å². The van der Waals surface area contributed by atoms with Gasteiger partial charge in [-0.2, -0.15) is 0 Å². The van der Waals surface area contributed by atoms with Crippen LogP contribution in [0.2, 0.25) is 0 Å². The number of aliphatic imine (C=N–C) groups is 1. The molecule has 1 aliphatic rings. The molecule has 0 bridgehead atoms. The summed E-state index contributed by atoms with van der Waals surface area (Å²) in [5.74, 6) is -0.356. The van der Waals surface area contributed by atoms with E-state index in [4.69, 9.17) is 4.74 Å². The first-order valence-corrected chi connectivity index (χ1v) is 14.9. The van der Waals surface area contributed by atoms with Crippen molar-refractivity contribution in [3.05, 3.63) is 107 Å². The summed E-state index contributed by atoms with van der Waals surface area (Å²) in [5.41, 5.74) is 3.25. The summed E-state index contributed by atoms with van der Waals surface area (Å²) in [6.07, 6.45) is 1.85. The summed E-state index contributed by atoms with van der Waals surface area (Å²) in [5, 5.41) is 12.3. The summed E-state index contributed by atoms with van der Waals surface area (Å²) in [7, 11) is 1.67. The molecule has 1 N–H and O–H groups in total. The number of carbonyl (C=O) groups is 2. The van der Waals surface area contributed by atoms with Crippen LogP contribution in [0, 0.1) is 14.1 Å². The SMILES string of the molecule is Cc1c(N=C2S/C(=C\c3cc(I)c(OCc4ccc5ccccc5c4)c(I)c3)C(=O)N2C)cccc1C(=O)O. The zero-order valence-electron chi connectivity index (χ0n) is 20.9. The molecule has 9 heteroatoms. The van der Waals surface area contributed by atoms with E-state index in [0.717, 1.165) is 24.0 Å². The zero-order valence-corrected chi connectivity index (χ0v) is 26.1. The Hall–Kier alpha value is -2.90. The Bertz CT molecular complexity index is 1680. The number of fused-ring (bicyclic) bond motifs is 1. The molecule has 0 atom stereocenters. The molecule has 6 nitrogen and oxygen atoms in total. The van der Waals surface area contributed by atoms with E-state index in [9.17, 15) is 14.7 Å². The van der Waals surface area contributed by atoms with Crippen LogP contribution in [0.15, 0.2) is 82.7 Å². The third-order valence-electron chi connectivity index (χ3n) is 6.27. The number of halogens is 2. The normalized spacial score (nSPS) is 15.5. The third-order valence-corrected chi connectivity index (χ3v) is 8.93. The number of thioether (sulfide) groups is 1. The molecular weight excluding hydrogens is 738 g/mol. The fraction of sp³-hybridized carbons (Fsp3) is 0.100. The molecule has 4 aromatic rings. The van der Waals surface area contributed by atoms with Gasteiger partial charge in [-0.1, -0.05) is 42.5 Å². The van der Waals surface area contributed by atoms with Crippen molar-refractivity contribution in [3.63, 3.8) is 0 Å². The number of likely N-dealkylation sites (N-methyl/N-ethyl adjacent to an activating group) is 1. The molecule has 39 heavy (non-hydrogen) atoms. The molecular formula is C30H22I2N2O4S. The van der Waals surface area contributed by atoms with Crippen molar-refractivity contribution in [2.75, 3.05) is 7.05 Å². The minimum absolute atomic E-state index is 0.160. The number of rotatable bonds is 6. The largest absolute Gasteiger partial charge is 0.487 e. The lowest BCUT2D eigenvalue weighted by atomic mass is 10.1. The molecule has 1 heterocycles. The van der Waals surface area contributed by atoms with Gasteiger partial charge in [-0.25, -0.2) is 9.79 Å². The predicted octanol–water partition coefficient (Wildman–Crippen LogP) is 7.87. The standard InChI is InChI=1S/C30H22I2N2O4S/c1-17-22(29(36)37)8-5-9-25(17)33-30-34(2)28(35)26(39-30)15-19-13-23(31)27(24(32)14-19)38-16-18-10-11-20-6-3-4-7-21(20)12-18/h3-15H,16H2,1-2H3,(H,36,37)/b26-15-,33-30?. The zero-order chi connectivity index (χ0) is 27.7. The van der Waals surface area contributed by atoms with Crippen molar-refractivity contribution in [1.29, 1.82) is 0 Å². The van der Waals surface area contributed by atoms with Crippen LogP contribution in [-0.4, -0.2) is 34.1 Å². The Kier molecular flexibility index (Phi) is 8.29. The molecule has 5 rings (SSSR count). The number of nitrogens with zero attached hydrogens (tertiary/aromatic N) is 2. The molecule has 0 radical (unpaired) electrons. The number of amidine groups is 1. The van der Waals surface area contributed by atoms with Crippen LogP contribution >= 0.6 is 56.9 Å². The van der Waals surface area contributed by atoms with Crippen LogP contribution in [0.4, 0.5) is 5.69 Å². The Morgan fingerprint density at radius 1 is 1.03 bits per heavy atom. The van der Waals surface area contributed by atoms with E-state index < -0.39 is 5.97 Å². The van der Waals surface area contributed by atoms with Gasteiger partial charge >= 0.3 is 5.97 Å². The van der Waals surface area contributed by atoms with Crippen molar-refractivity contribution in [3.8, 4) is 5.75 Å². The van der Waals surface area contributed by atoms with Crippen LogP contribution in [0.25, 0.3) is 16.8 Å². The lowest BCUT2D eigenvalue weighted by Crippen LogP contribution is -2.23. The molecule has 0 aliphatic carbocycles. The highest BCUT2D eigenvalue weighted by Crippen LogP contribution is 2.36. The van der Waals surface area contributed by atoms with Crippen LogP contribution in [0.1, 0.15) is 27.0 Å². The van der Waals surface area contributed by atoms with Gasteiger partial charge in [-0.05, 0) is 128 Å². The van der Waals surface area contributed by atoms with Gasteiger partial charge in [0.15, 0.2) is 5.17 Å². The van der Waals surface area contributed by atoms with Crippen LogP contribution < -0.4 is 4.74 Å². The van der Waals surface area contributed by atoms with Crippen molar-refractivity contribution < 1.29 is 19.4 Å². The molecule has 0 spiro atoms. The van der Waals surface area contributed by atoms with E-state index in [1.807, 2.05) is 30.3 Å². The van der Waals surface area contributed by atoms with Gasteiger partial charge in [0.25, 0.3) is 5.91 Å². The summed E-state index contributed by atoms with van der Waals surface area (Å²) in [6, 6.07) is 23.5. The van der Waals surface area contributed by atoms with Gasteiger partial charge in [-0.15, -0.1) is 0 Å². The molecule has 4 aromatic carbocycles. The van der Waals surface area contributed by atoms with E-state index in [-0.39, 0.29) is 11.5 Å². The first-order chi connectivity index (χ1) is 18.7. The summed E-state index contributed by atoms with van der Waals surface area (Å²) >= 11 is 5.79. The van der Waals surface area contributed by atoms with Gasteiger partial charge in [0.2, 0.25) is 0 Å². The Balaban J connectivity index is 1.35. The highest BCUT2D eigenvalue weighted by Gasteiger charge is 2.30. The fourth-order valence-corrected chi connectivity index (χ4v) is 7.27. The van der Waals surface area contributed by atoms with Crippen LogP contribution in [0.5, 0.6) is 5.75 Å². The Morgan fingerprint density at radius 2 is 1.74 bits per heavy atom. The second-order valence-corrected chi connectivity index (χ2v) is 12.2. The number of amides is 1. The first-order valence-electron chi connectivity index (χ1n) is 11.9. The molecule has 0 unspecified atom stereocenters.